The second-order valence-corrected chi connectivity index (χ2v) is 4.79. The Labute approximate surface area is 127 Å². The van der Waals surface area contributed by atoms with Crippen molar-refractivity contribution in [2.24, 2.45) is 0 Å². The molecule has 6 heteroatoms. The first-order valence-corrected chi connectivity index (χ1v) is 7.01. The Morgan fingerprint density at radius 2 is 2.00 bits per heavy atom. The number of aromatic nitrogens is 2. The van der Waals surface area contributed by atoms with E-state index in [9.17, 15) is 9.59 Å². The highest BCUT2D eigenvalue weighted by Crippen LogP contribution is 2.15. The lowest BCUT2D eigenvalue weighted by Crippen LogP contribution is -2.41. The van der Waals surface area contributed by atoms with Crippen LogP contribution in [0.1, 0.15) is 18.1 Å². The summed E-state index contributed by atoms with van der Waals surface area (Å²) in [4.78, 5) is 24.2. The van der Waals surface area contributed by atoms with Crippen LogP contribution in [0.3, 0.4) is 0 Å². The molecule has 2 rings (SSSR count). The van der Waals surface area contributed by atoms with Gasteiger partial charge in [0.2, 0.25) is 0 Å². The number of aryl methyl sites for hydroxylation is 2. The van der Waals surface area contributed by atoms with E-state index >= 15 is 0 Å². The zero-order valence-electron chi connectivity index (χ0n) is 12.6. The summed E-state index contributed by atoms with van der Waals surface area (Å²) in [5.41, 5.74) is -0.0746. The number of para-hydroxylation sites is 1. The van der Waals surface area contributed by atoms with Crippen molar-refractivity contribution in [3.8, 4) is 11.8 Å². The first-order valence-electron chi connectivity index (χ1n) is 7.01. The third kappa shape index (κ3) is 3.09. The molecule has 114 valence electrons. The average Bonchev–Trinajstić information content (AvgIpc) is 2.52. The number of hydrogen-bond acceptors (Lipinski definition) is 4. The average molecular weight is 299 g/mol. The van der Waals surface area contributed by atoms with Crippen molar-refractivity contribution in [2.45, 2.75) is 26.9 Å². The maximum absolute atomic E-state index is 12.2. The molecule has 0 atom stereocenters. The van der Waals surface area contributed by atoms with E-state index in [-0.39, 0.29) is 18.7 Å². The van der Waals surface area contributed by atoms with Crippen LogP contribution in [0, 0.1) is 18.3 Å². The standard InChI is InChI=1S/C16H17N3O3/c1-3-18-11-13(10-17)15(20)19(16(18)21)8-9-22-14-7-5-4-6-12(14)2/h4-7,11H,3,8-9H2,1-2H3. The van der Waals surface area contributed by atoms with Crippen molar-refractivity contribution in [2.75, 3.05) is 6.61 Å². The first-order chi connectivity index (χ1) is 10.6. The second-order valence-electron chi connectivity index (χ2n) is 4.79. The molecule has 0 unspecified atom stereocenters. The minimum Gasteiger partial charge on any atom is -0.491 e. The van der Waals surface area contributed by atoms with Crippen molar-refractivity contribution in [3.63, 3.8) is 0 Å². The maximum atomic E-state index is 12.2. The lowest BCUT2D eigenvalue weighted by Gasteiger charge is -2.11. The number of hydrogen-bond donors (Lipinski definition) is 0. The van der Waals surface area contributed by atoms with Gasteiger partial charge in [-0.1, -0.05) is 18.2 Å². The van der Waals surface area contributed by atoms with E-state index < -0.39 is 11.2 Å². The molecule has 0 fully saturated rings. The lowest BCUT2D eigenvalue weighted by molar-refractivity contribution is 0.290. The van der Waals surface area contributed by atoms with Gasteiger partial charge in [-0.15, -0.1) is 0 Å². The Balaban J connectivity index is 2.23. The van der Waals surface area contributed by atoms with Gasteiger partial charge in [-0.05, 0) is 25.5 Å². The van der Waals surface area contributed by atoms with Gasteiger partial charge in [-0.2, -0.15) is 5.26 Å². The molecule has 0 radical (unpaired) electrons. The molecule has 0 aliphatic carbocycles. The van der Waals surface area contributed by atoms with Gasteiger partial charge in [-0.25, -0.2) is 4.79 Å². The largest absolute Gasteiger partial charge is 0.491 e. The summed E-state index contributed by atoms with van der Waals surface area (Å²) < 4.78 is 7.99. The van der Waals surface area contributed by atoms with Gasteiger partial charge in [0.1, 0.15) is 24.0 Å². The Morgan fingerprint density at radius 1 is 1.27 bits per heavy atom. The third-order valence-corrected chi connectivity index (χ3v) is 3.36. The summed E-state index contributed by atoms with van der Waals surface area (Å²) in [5, 5.41) is 8.98. The van der Waals surface area contributed by atoms with Crippen molar-refractivity contribution < 1.29 is 4.74 Å². The van der Waals surface area contributed by atoms with E-state index in [1.165, 1.54) is 10.8 Å². The van der Waals surface area contributed by atoms with Crippen LogP contribution in [0.4, 0.5) is 0 Å². The summed E-state index contributed by atoms with van der Waals surface area (Å²) in [6.45, 7) is 4.37. The molecule has 0 spiro atoms. The molecule has 0 bridgehead atoms. The van der Waals surface area contributed by atoms with Gasteiger partial charge in [-0.3, -0.25) is 13.9 Å². The molecule has 1 aromatic carbocycles. The summed E-state index contributed by atoms with van der Waals surface area (Å²) >= 11 is 0. The van der Waals surface area contributed by atoms with E-state index in [0.717, 1.165) is 10.1 Å². The van der Waals surface area contributed by atoms with Crippen LogP contribution in [-0.2, 0) is 13.1 Å². The molecule has 1 aromatic heterocycles. The first kappa shape index (κ1) is 15.6. The molecule has 0 aliphatic heterocycles. The molecular weight excluding hydrogens is 282 g/mol. The van der Waals surface area contributed by atoms with Crippen molar-refractivity contribution in [3.05, 3.63) is 62.4 Å². The Bertz CT molecular complexity index is 828. The summed E-state index contributed by atoms with van der Waals surface area (Å²) in [7, 11) is 0. The third-order valence-electron chi connectivity index (χ3n) is 3.36. The quantitative estimate of drug-likeness (QED) is 0.833. The zero-order chi connectivity index (χ0) is 16.1. The van der Waals surface area contributed by atoms with Crippen LogP contribution < -0.4 is 16.0 Å². The smallest absolute Gasteiger partial charge is 0.331 e. The normalized spacial score (nSPS) is 10.2. The lowest BCUT2D eigenvalue weighted by atomic mass is 10.2. The second kappa shape index (κ2) is 6.76. The monoisotopic (exact) mass is 299 g/mol. The van der Waals surface area contributed by atoms with Crippen LogP contribution in [0.25, 0.3) is 0 Å². The van der Waals surface area contributed by atoms with Crippen LogP contribution in [0.5, 0.6) is 5.75 Å². The minimum absolute atomic E-state index is 0.0441. The Kier molecular flexibility index (Phi) is 4.79. The van der Waals surface area contributed by atoms with Gasteiger partial charge in [0.05, 0.1) is 6.54 Å². The summed E-state index contributed by atoms with van der Waals surface area (Å²) in [6, 6.07) is 9.33. The van der Waals surface area contributed by atoms with Crippen LogP contribution in [-0.4, -0.2) is 15.7 Å². The van der Waals surface area contributed by atoms with E-state index in [4.69, 9.17) is 10.00 Å². The zero-order valence-corrected chi connectivity index (χ0v) is 12.6. The SMILES string of the molecule is CCn1cc(C#N)c(=O)n(CCOc2ccccc2C)c1=O. The van der Waals surface area contributed by atoms with Gasteiger partial charge in [0.15, 0.2) is 0 Å². The molecule has 1 heterocycles. The molecule has 6 nitrogen and oxygen atoms in total. The van der Waals surface area contributed by atoms with Crippen molar-refractivity contribution in [1.29, 1.82) is 5.26 Å². The van der Waals surface area contributed by atoms with E-state index in [2.05, 4.69) is 0 Å². The van der Waals surface area contributed by atoms with Gasteiger partial charge in [0, 0.05) is 12.7 Å². The molecule has 0 saturated heterocycles. The van der Waals surface area contributed by atoms with Crippen LogP contribution >= 0.6 is 0 Å². The number of nitriles is 1. The number of nitrogens with zero attached hydrogens (tertiary/aromatic N) is 3. The number of ether oxygens (including phenoxy) is 1. The van der Waals surface area contributed by atoms with Crippen molar-refractivity contribution in [1.82, 2.24) is 9.13 Å². The van der Waals surface area contributed by atoms with Crippen LogP contribution in [0.2, 0.25) is 0 Å². The fourth-order valence-electron chi connectivity index (χ4n) is 2.12. The number of benzene rings is 1. The van der Waals surface area contributed by atoms with E-state index in [1.54, 1.807) is 6.92 Å². The Hall–Kier alpha value is -2.81. The summed E-state index contributed by atoms with van der Waals surface area (Å²) in [5.74, 6) is 0.711. The molecule has 0 saturated carbocycles. The highest BCUT2D eigenvalue weighted by molar-refractivity contribution is 5.31. The predicted octanol–water partition coefficient (Wildman–Crippen LogP) is 1.29. The van der Waals surface area contributed by atoms with E-state index in [1.807, 2.05) is 37.3 Å². The molecule has 0 N–H and O–H groups in total. The molecule has 0 amide bonds. The fraction of sp³-hybridized carbons (Fsp3) is 0.312. The van der Waals surface area contributed by atoms with Gasteiger partial charge in [0.25, 0.3) is 5.56 Å². The van der Waals surface area contributed by atoms with Crippen LogP contribution in [0.15, 0.2) is 40.1 Å². The molecular formula is C16H17N3O3. The molecule has 2 aromatic rings. The maximum Gasteiger partial charge on any atom is 0.331 e. The van der Waals surface area contributed by atoms with E-state index in [0.29, 0.717) is 12.3 Å². The molecule has 22 heavy (non-hydrogen) atoms. The van der Waals surface area contributed by atoms with Gasteiger partial charge < -0.3 is 4.74 Å². The van der Waals surface area contributed by atoms with Crippen molar-refractivity contribution >= 4 is 0 Å². The molecule has 0 aliphatic rings. The predicted molar refractivity (Wildman–Crippen MR) is 82.0 cm³/mol. The highest BCUT2D eigenvalue weighted by atomic mass is 16.5. The Morgan fingerprint density at radius 3 is 2.64 bits per heavy atom. The van der Waals surface area contributed by atoms with Gasteiger partial charge >= 0.3 is 5.69 Å². The summed E-state index contributed by atoms with van der Waals surface area (Å²) in [6.07, 6.45) is 1.30. The highest BCUT2D eigenvalue weighted by Gasteiger charge is 2.10. The number of rotatable bonds is 5. The topological polar surface area (TPSA) is 77.0 Å². The minimum atomic E-state index is -0.578. The fourth-order valence-corrected chi connectivity index (χ4v) is 2.12.